The van der Waals surface area contributed by atoms with Gasteiger partial charge in [-0.2, -0.15) is 10.1 Å². The zero-order chi connectivity index (χ0) is 30.2. The Labute approximate surface area is 239 Å². The highest BCUT2D eigenvalue weighted by atomic mass is 19.1. The van der Waals surface area contributed by atoms with Gasteiger partial charge in [0.1, 0.15) is 22.8 Å². The number of fused-ring (bicyclic) bond motifs is 1. The number of aromatic nitrogens is 7. The molecule has 42 heavy (non-hydrogen) atoms. The van der Waals surface area contributed by atoms with Crippen molar-refractivity contribution in [1.82, 2.24) is 45.5 Å². The lowest BCUT2D eigenvalue weighted by Gasteiger charge is -2.25. The molecule has 0 radical (unpaired) electrons. The van der Waals surface area contributed by atoms with E-state index in [1.807, 2.05) is 13.2 Å². The molecule has 5 rings (SSSR count). The number of imidazole rings is 1. The van der Waals surface area contributed by atoms with Crippen LogP contribution >= 0.6 is 0 Å². The molecule has 14 heteroatoms. The van der Waals surface area contributed by atoms with Crippen LogP contribution in [-0.2, 0) is 23.9 Å². The fourth-order valence-corrected chi connectivity index (χ4v) is 4.13. The summed E-state index contributed by atoms with van der Waals surface area (Å²) in [6, 6.07) is 6.50. The van der Waals surface area contributed by atoms with Gasteiger partial charge in [0.2, 0.25) is 0 Å². The first-order chi connectivity index (χ1) is 19.8. The Hall–Kier alpha value is -5.14. The number of aromatic amines is 1. The fourth-order valence-electron chi connectivity index (χ4n) is 4.13. The van der Waals surface area contributed by atoms with Gasteiger partial charge in [0, 0.05) is 37.1 Å². The van der Waals surface area contributed by atoms with E-state index in [1.165, 1.54) is 6.07 Å². The molecule has 0 aliphatic rings. The van der Waals surface area contributed by atoms with Crippen LogP contribution in [0.3, 0.4) is 0 Å². The number of hydrogen-bond acceptors (Lipinski definition) is 9. The number of carbonyl (C=O) groups excluding carboxylic acids is 2. The summed E-state index contributed by atoms with van der Waals surface area (Å²) < 4.78 is 27.3. The average molecular weight is 576 g/mol. The molecule has 2 amide bonds. The summed E-state index contributed by atoms with van der Waals surface area (Å²) in [4.78, 5) is 41.1. The predicted octanol–water partition coefficient (Wildman–Crippen LogP) is 4.24. The van der Waals surface area contributed by atoms with Crippen molar-refractivity contribution in [3.63, 3.8) is 0 Å². The maximum atomic E-state index is 15.2. The van der Waals surface area contributed by atoms with Gasteiger partial charge < -0.3 is 24.9 Å². The van der Waals surface area contributed by atoms with E-state index in [0.29, 0.717) is 22.6 Å². The monoisotopic (exact) mass is 575 g/mol. The molecule has 0 aliphatic heterocycles. The average Bonchev–Trinajstić information content (AvgIpc) is 3.65. The van der Waals surface area contributed by atoms with Crippen molar-refractivity contribution < 1.29 is 23.2 Å². The third-order valence-corrected chi connectivity index (χ3v) is 6.15. The molecule has 4 heterocycles. The Balaban J connectivity index is 1.27. The first kappa shape index (κ1) is 28.4. The van der Waals surface area contributed by atoms with Gasteiger partial charge in [0.25, 0.3) is 17.6 Å². The van der Waals surface area contributed by atoms with E-state index in [1.54, 1.807) is 69.9 Å². The number of halogens is 1. The number of rotatable bonds is 7. The third kappa shape index (κ3) is 6.11. The molecule has 0 fully saturated rings. The molecule has 0 aliphatic carbocycles. The van der Waals surface area contributed by atoms with Crippen molar-refractivity contribution in [2.45, 2.75) is 52.3 Å². The smallest absolute Gasteiger partial charge is 0.408 e. The van der Waals surface area contributed by atoms with Gasteiger partial charge in [-0.05, 0) is 52.3 Å². The number of hydrogen-bond donors (Lipinski definition) is 3. The number of alkyl carbamates (subject to hydrolysis) is 1. The Kier molecular flexibility index (Phi) is 7.22. The second-order valence-corrected chi connectivity index (χ2v) is 11.2. The maximum absolute atomic E-state index is 15.2. The molecular weight excluding hydrogens is 545 g/mol. The lowest BCUT2D eigenvalue weighted by molar-refractivity contribution is 0.0451. The lowest BCUT2D eigenvalue weighted by atomic mass is 10.0. The van der Waals surface area contributed by atoms with E-state index in [9.17, 15) is 9.59 Å². The Morgan fingerprint density at radius 2 is 1.90 bits per heavy atom. The number of carbonyl (C=O) groups is 2. The Morgan fingerprint density at radius 1 is 1.12 bits per heavy atom. The van der Waals surface area contributed by atoms with Gasteiger partial charge in [-0.25, -0.2) is 19.2 Å². The number of amides is 2. The largest absolute Gasteiger partial charge is 0.444 e. The Morgan fingerprint density at radius 3 is 2.60 bits per heavy atom. The summed E-state index contributed by atoms with van der Waals surface area (Å²) in [5, 5.41) is 13.1. The molecule has 0 unspecified atom stereocenters. The number of nitrogens with zero attached hydrogens (tertiary/aromatic N) is 6. The van der Waals surface area contributed by atoms with Crippen LogP contribution in [0.2, 0.25) is 0 Å². The lowest BCUT2D eigenvalue weighted by Crippen LogP contribution is -2.44. The molecule has 5 aromatic rings. The first-order valence-corrected chi connectivity index (χ1v) is 13.1. The van der Waals surface area contributed by atoms with Crippen LogP contribution < -0.4 is 10.6 Å². The topological polar surface area (TPSA) is 166 Å². The summed E-state index contributed by atoms with van der Waals surface area (Å²) in [7, 11) is 1.81. The first-order valence-electron chi connectivity index (χ1n) is 13.1. The molecular formula is C28H30FN9O4. The van der Waals surface area contributed by atoms with Gasteiger partial charge in [-0.1, -0.05) is 17.3 Å². The number of ether oxygens (including phenoxy) is 1. The van der Waals surface area contributed by atoms with E-state index < -0.39 is 29.0 Å². The van der Waals surface area contributed by atoms with Gasteiger partial charge in [0.15, 0.2) is 5.65 Å². The van der Waals surface area contributed by atoms with Crippen LogP contribution in [0.4, 0.5) is 9.18 Å². The number of H-pyrrole nitrogens is 1. The highest BCUT2D eigenvalue weighted by Crippen LogP contribution is 2.29. The molecule has 0 saturated carbocycles. The minimum Gasteiger partial charge on any atom is -0.444 e. The van der Waals surface area contributed by atoms with E-state index in [0.717, 1.165) is 11.1 Å². The number of benzene rings is 1. The maximum Gasteiger partial charge on any atom is 0.408 e. The molecule has 0 bridgehead atoms. The number of aryl methyl sites for hydroxylation is 1. The van der Waals surface area contributed by atoms with E-state index >= 15 is 4.39 Å². The van der Waals surface area contributed by atoms with Crippen LogP contribution in [-0.4, -0.2) is 52.5 Å². The van der Waals surface area contributed by atoms with E-state index in [2.05, 4.69) is 40.8 Å². The summed E-state index contributed by atoms with van der Waals surface area (Å²) in [6.07, 6.45) is 4.46. The summed E-state index contributed by atoms with van der Waals surface area (Å²) >= 11 is 0. The molecule has 218 valence electrons. The number of nitrogens with one attached hydrogen (secondary N) is 3. The van der Waals surface area contributed by atoms with Crippen LogP contribution in [0.15, 0.2) is 47.4 Å². The molecule has 3 N–H and O–H groups in total. The molecule has 0 atom stereocenters. The van der Waals surface area contributed by atoms with E-state index in [-0.39, 0.29) is 23.8 Å². The van der Waals surface area contributed by atoms with Gasteiger partial charge in [-0.3, -0.25) is 9.48 Å². The normalized spacial score (nSPS) is 12.0. The standard InChI is InChI=1S/C28H30FN9O4/c1-27(2,3)41-26(40)36-28(4,5)25-35-23(37-42-25)24(39)31-12-16-8-7-15(11-19(16)29)18-9-10-30-22-20(18)33-21(34-22)17-13-32-38(6)14-17/h7-11,13-14H,12H2,1-6H3,(H,31,39)(H,36,40)(H,30,33,34). The van der Waals surface area contributed by atoms with Gasteiger partial charge in [0.05, 0.1) is 17.3 Å². The third-order valence-electron chi connectivity index (χ3n) is 6.15. The van der Waals surface area contributed by atoms with Crippen molar-refractivity contribution in [1.29, 1.82) is 0 Å². The van der Waals surface area contributed by atoms with Gasteiger partial charge >= 0.3 is 6.09 Å². The van der Waals surface area contributed by atoms with Crippen molar-refractivity contribution in [3.05, 3.63) is 66.0 Å². The van der Waals surface area contributed by atoms with Gasteiger partial charge in [-0.15, -0.1) is 0 Å². The Bertz CT molecular complexity index is 1780. The predicted molar refractivity (Wildman–Crippen MR) is 149 cm³/mol. The molecule has 0 spiro atoms. The summed E-state index contributed by atoms with van der Waals surface area (Å²) in [5.41, 5.74) is 1.74. The van der Waals surface area contributed by atoms with E-state index in [4.69, 9.17) is 9.26 Å². The van der Waals surface area contributed by atoms with Crippen molar-refractivity contribution in [3.8, 4) is 22.5 Å². The second-order valence-electron chi connectivity index (χ2n) is 11.2. The van der Waals surface area contributed by atoms with Crippen LogP contribution in [0.1, 0.15) is 56.7 Å². The molecule has 13 nitrogen and oxygen atoms in total. The van der Waals surface area contributed by atoms with Crippen molar-refractivity contribution in [2.24, 2.45) is 7.05 Å². The SMILES string of the molecule is Cn1cc(-c2nc3nccc(-c4ccc(CNC(=O)c5noc(C(C)(C)NC(=O)OC(C)(C)C)n5)c(F)c4)c3[nH]2)cn1. The highest BCUT2D eigenvalue weighted by molar-refractivity contribution is 5.92. The zero-order valence-electron chi connectivity index (χ0n) is 23.9. The van der Waals surface area contributed by atoms with Crippen LogP contribution in [0.25, 0.3) is 33.7 Å². The zero-order valence-corrected chi connectivity index (χ0v) is 23.9. The number of pyridine rings is 1. The molecule has 1 aromatic carbocycles. The fraction of sp³-hybridized carbons (Fsp3) is 0.321. The van der Waals surface area contributed by atoms with Crippen LogP contribution in [0.5, 0.6) is 0 Å². The molecule has 0 saturated heterocycles. The van der Waals surface area contributed by atoms with Crippen molar-refractivity contribution in [2.75, 3.05) is 0 Å². The quantitative estimate of drug-likeness (QED) is 0.257. The highest BCUT2D eigenvalue weighted by Gasteiger charge is 2.32. The summed E-state index contributed by atoms with van der Waals surface area (Å²) in [6.45, 7) is 8.35. The minimum absolute atomic E-state index is 0.00296. The van der Waals surface area contributed by atoms with Crippen molar-refractivity contribution >= 4 is 23.2 Å². The summed E-state index contributed by atoms with van der Waals surface area (Å²) in [5.74, 6) is -0.836. The second kappa shape index (κ2) is 10.7. The van der Waals surface area contributed by atoms with Crippen LogP contribution in [0, 0.1) is 5.82 Å². The minimum atomic E-state index is -1.11. The molecule has 4 aromatic heterocycles.